The van der Waals surface area contributed by atoms with E-state index in [0.717, 1.165) is 29.0 Å². The lowest BCUT2D eigenvalue weighted by Crippen LogP contribution is -2.17. The standard InChI is InChI=1S/C17H16N6S/c18-7-3-8-23-17-13(10-21-23)16(19-11-20-17)22-14-6-9-24-15-5-2-1-4-12(14)15/h1-2,4-5,10-11,14H,3,6,8-9H2,(H,19,20,22)/t14-/m0/s1. The molecule has 1 atom stereocenters. The Bertz CT molecular complexity index is 913. The maximum Gasteiger partial charge on any atom is 0.163 e. The molecule has 0 bridgehead atoms. The third-order valence-corrected chi connectivity index (χ3v) is 5.26. The molecular weight excluding hydrogens is 320 g/mol. The number of nitrogens with zero attached hydrogens (tertiary/aromatic N) is 5. The van der Waals surface area contributed by atoms with Gasteiger partial charge in [-0.15, -0.1) is 11.8 Å². The van der Waals surface area contributed by atoms with Crippen molar-refractivity contribution in [3.05, 3.63) is 42.4 Å². The van der Waals surface area contributed by atoms with E-state index >= 15 is 0 Å². The van der Waals surface area contributed by atoms with Crippen molar-refractivity contribution in [1.82, 2.24) is 19.7 Å². The van der Waals surface area contributed by atoms with Crippen LogP contribution in [0.1, 0.15) is 24.4 Å². The smallest absolute Gasteiger partial charge is 0.163 e. The van der Waals surface area contributed by atoms with Crippen molar-refractivity contribution >= 4 is 28.6 Å². The molecular formula is C17H16N6S. The van der Waals surface area contributed by atoms with Gasteiger partial charge in [-0.2, -0.15) is 10.4 Å². The van der Waals surface area contributed by atoms with Gasteiger partial charge in [0.1, 0.15) is 12.1 Å². The van der Waals surface area contributed by atoms with Crippen molar-refractivity contribution in [3.63, 3.8) is 0 Å². The molecule has 0 saturated heterocycles. The SMILES string of the molecule is N#CCCn1ncc2c(N[C@H]3CCSc4ccccc43)ncnc21. The number of nitrogens with one attached hydrogen (secondary N) is 1. The average molecular weight is 336 g/mol. The molecule has 6 nitrogen and oxygen atoms in total. The zero-order valence-corrected chi connectivity index (χ0v) is 13.8. The van der Waals surface area contributed by atoms with E-state index in [4.69, 9.17) is 5.26 Å². The summed E-state index contributed by atoms with van der Waals surface area (Å²) in [6.07, 6.45) is 4.80. The lowest BCUT2D eigenvalue weighted by molar-refractivity contribution is 0.643. The van der Waals surface area contributed by atoms with E-state index in [1.807, 2.05) is 11.8 Å². The molecule has 0 spiro atoms. The summed E-state index contributed by atoms with van der Waals surface area (Å²) in [5.74, 6) is 1.89. The zero-order valence-electron chi connectivity index (χ0n) is 13.0. The maximum absolute atomic E-state index is 8.76. The number of anilines is 1. The summed E-state index contributed by atoms with van der Waals surface area (Å²) in [7, 11) is 0. The van der Waals surface area contributed by atoms with Crippen LogP contribution in [0.2, 0.25) is 0 Å². The molecule has 1 aromatic carbocycles. The number of nitriles is 1. The summed E-state index contributed by atoms with van der Waals surface area (Å²) >= 11 is 1.90. The molecule has 0 radical (unpaired) electrons. The van der Waals surface area contributed by atoms with Crippen molar-refractivity contribution in [1.29, 1.82) is 5.26 Å². The minimum atomic E-state index is 0.239. The second-order valence-electron chi connectivity index (χ2n) is 5.61. The molecule has 3 aromatic rings. The van der Waals surface area contributed by atoms with Crippen molar-refractivity contribution in [2.24, 2.45) is 0 Å². The molecule has 0 amide bonds. The third-order valence-electron chi connectivity index (χ3n) is 4.14. The topological polar surface area (TPSA) is 79.4 Å². The molecule has 2 aromatic heterocycles. The number of aryl methyl sites for hydroxylation is 1. The zero-order chi connectivity index (χ0) is 16.4. The van der Waals surface area contributed by atoms with Crippen LogP contribution in [0.5, 0.6) is 0 Å². The Morgan fingerprint density at radius 2 is 2.25 bits per heavy atom. The van der Waals surface area contributed by atoms with Gasteiger partial charge >= 0.3 is 0 Å². The van der Waals surface area contributed by atoms with E-state index in [2.05, 4.69) is 50.7 Å². The van der Waals surface area contributed by atoms with Crippen LogP contribution in [0.25, 0.3) is 11.0 Å². The van der Waals surface area contributed by atoms with Crippen molar-refractivity contribution < 1.29 is 0 Å². The maximum atomic E-state index is 8.76. The summed E-state index contributed by atoms with van der Waals surface area (Å²) < 4.78 is 1.76. The Balaban J connectivity index is 1.66. The highest BCUT2D eigenvalue weighted by Crippen LogP contribution is 2.38. The normalized spacial score (nSPS) is 16.5. The first-order chi connectivity index (χ1) is 11.9. The monoisotopic (exact) mass is 336 g/mol. The van der Waals surface area contributed by atoms with Gasteiger partial charge in [0.05, 0.1) is 36.7 Å². The van der Waals surface area contributed by atoms with Crippen LogP contribution in [0.3, 0.4) is 0 Å². The summed E-state index contributed by atoms with van der Waals surface area (Å²) in [5, 5.41) is 17.6. The van der Waals surface area contributed by atoms with E-state index in [-0.39, 0.29) is 6.04 Å². The average Bonchev–Trinajstić information content (AvgIpc) is 3.04. The van der Waals surface area contributed by atoms with E-state index in [1.165, 1.54) is 10.5 Å². The molecule has 1 aliphatic rings. The minimum Gasteiger partial charge on any atom is -0.362 e. The molecule has 1 aliphatic heterocycles. The predicted octanol–water partition coefficient (Wildman–Crippen LogP) is 3.39. The van der Waals surface area contributed by atoms with Gasteiger partial charge in [0, 0.05) is 10.6 Å². The van der Waals surface area contributed by atoms with Crippen LogP contribution in [0.15, 0.2) is 41.7 Å². The lowest BCUT2D eigenvalue weighted by Gasteiger charge is -2.26. The largest absolute Gasteiger partial charge is 0.362 e. The van der Waals surface area contributed by atoms with Crippen molar-refractivity contribution in [2.75, 3.05) is 11.1 Å². The Morgan fingerprint density at radius 1 is 1.33 bits per heavy atom. The molecule has 0 saturated carbocycles. The fourth-order valence-electron chi connectivity index (χ4n) is 2.98. The Labute approximate surface area is 143 Å². The summed E-state index contributed by atoms with van der Waals surface area (Å²) in [6, 6.07) is 10.9. The number of benzene rings is 1. The molecule has 3 heterocycles. The second-order valence-corrected chi connectivity index (χ2v) is 6.74. The highest BCUT2D eigenvalue weighted by atomic mass is 32.2. The van der Waals surface area contributed by atoms with Gasteiger partial charge in [0.15, 0.2) is 5.65 Å². The third kappa shape index (κ3) is 2.69. The highest BCUT2D eigenvalue weighted by molar-refractivity contribution is 7.99. The van der Waals surface area contributed by atoms with Crippen molar-refractivity contribution in [2.45, 2.75) is 30.3 Å². The van der Waals surface area contributed by atoms with Crippen LogP contribution in [-0.2, 0) is 6.54 Å². The van der Waals surface area contributed by atoms with Gasteiger partial charge in [-0.05, 0) is 18.1 Å². The Hall–Kier alpha value is -2.59. The number of fused-ring (bicyclic) bond motifs is 2. The number of hydrogen-bond acceptors (Lipinski definition) is 6. The van der Waals surface area contributed by atoms with Gasteiger partial charge < -0.3 is 5.32 Å². The number of thioether (sulfide) groups is 1. The number of hydrogen-bond donors (Lipinski definition) is 1. The molecule has 0 unspecified atom stereocenters. The van der Waals surface area contributed by atoms with Crippen LogP contribution in [0.4, 0.5) is 5.82 Å². The van der Waals surface area contributed by atoms with Crippen LogP contribution in [0, 0.1) is 11.3 Å². The first-order valence-electron chi connectivity index (χ1n) is 7.88. The van der Waals surface area contributed by atoms with Gasteiger partial charge in [0.25, 0.3) is 0 Å². The molecule has 120 valence electrons. The Kier molecular flexibility index (Phi) is 4.05. The Morgan fingerprint density at radius 3 is 3.17 bits per heavy atom. The first kappa shape index (κ1) is 15.0. The van der Waals surface area contributed by atoms with E-state index in [1.54, 1.807) is 17.2 Å². The van der Waals surface area contributed by atoms with Gasteiger partial charge in [-0.3, -0.25) is 0 Å². The highest BCUT2D eigenvalue weighted by Gasteiger charge is 2.21. The van der Waals surface area contributed by atoms with Gasteiger partial charge in [0.2, 0.25) is 0 Å². The molecule has 0 aliphatic carbocycles. The molecule has 4 rings (SSSR count). The fourth-order valence-corrected chi connectivity index (χ4v) is 4.11. The second kappa shape index (κ2) is 6.49. The van der Waals surface area contributed by atoms with E-state index < -0.39 is 0 Å². The van der Waals surface area contributed by atoms with Gasteiger partial charge in [-0.25, -0.2) is 14.6 Å². The molecule has 24 heavy (non-hydrogen) atoms. The van der Waals surface area contributed by atoms with Crippen LogP contribution >= 0.6 is 11.8 Å². The minimum absolute atomic E-state index is 0.239. The summed E-state index contributed by atoms with van der Waals surface area (Å²) in [5.41, 5.74) is 2.08. The van der Waals surface area contributed by atoms with Gasteiger partial charge in [-0.1, -0.05) is 18.2 Å². The first-order valence-corrected chi connectivity index (χ1v) is 8.87. The van der Waals surface area contributed by atoms with Crippen LogP contribution in [-0.4, -0.2) is 25.5 Å². The van der Waals surface area contributed by atoms with E-state index in [0.29, 0.717) is 13.0 Å². The van der Waals surface area contributed by atoms with Crippen molar-refractivity contribution in [3.8, 4) is 6.07 Å². The number of rotatable bonds is 4. The number of aromatic nitrogens is 4. The fraction of sp³-hybridized carbons (Fsp3) is 0.294. The molecule has 1 N–H and O–H groups in total. The summed E-state index contributed by atoms with van der Waals surface area (Å²) in [6.45, 7) is 0.541. The van der Waals surface area contributed by atoms with Crippen LogP contribution < -0.4 is 5.32 Å². The van der Waals surface area contributed by atoms with E-state index in [9.17, 15) is 0 Å². The summed E-state index contributed by atoms with van der Waals surface area (Å²) in [4.78, 5) is 10.1. The predicted molar refractivity (Wildman–Crippen MR) is 93.7 cm³/mol. The molecule has 7 heteroatoms. The molecule has 0 fully saturated rings. The lowest BCUT2D eigenvalue weighted by atomic mass is 10.0. The quantitative estimate of drug-likeness (QED) is 0.787.